The maximum atomic E-state index is 14.5. The van der Waals surface area contributed by atoms with Crippen molar-refractivity contribution in [3.63, 3.8) is 0 Å². The van der Waals surface area contributed by atoms with Crippen LogP contribution in [0.1, 0.15) is 5.56 Å². The summed E-state index contributed by atoms with van der Waals surface area (Å²) in [7, 11) is 1.06. The zero-order chi connectivity index (χ0) is 13.8. The highest BCUT2D eigenvalue weighted by molar-refractivity contribution is 8.53. The van der Waals surface area contributed by atoms with Crippen molar-refractivity contribution in [2.75, 3.05) is 0 Å². The number of carbonyl (C=O) groups is 1. The third-order valence-corrected chi connectivity index (χ3v) is 7.78. The second-order valence-corrected chi connectivity index (χ2v) is 8.13. The van der Waals surface area contributed by atoms with Gasteiger partial charge >= 0.3 is 5.51 Å². The van der Waals surface area contributed by atoms with Crippen LogP contribution in [0.3, 0.4) is 0 Å². The summed E-state index contributed by atoms with van der Waals surface area (Å²) < 4.78 is 53.9. The van der Waals surface area contributed by atoms with E-state index in [0.29, 0.717) is 0 Å². The van der Waals surface area contributed by atoms with E-state index in [9.17, 15) is 22.4 Å². The molecule has 1 aromatic carbocycles. The molecule has 1 aromatic rings. The molecule has 0 fully saturated rings. The van der Waals surface area contributed by atoms with Crippen LogP contribution in [0.4, 0.5) is 17.6 Å². The quantitative estimate of drug-likeness (QED) is 0.549. The van der Waals surface area contributed by atoms with Crippen LogP contribution in [0, 0.1) is 0 Å². The number of hydrogen-bond donors (Lipinski definition) is 0. The first-order valence-corrected chi connectivity index (χ1v) is 7.54. The van der Waals surface area contributed by atoms with Crippen LogP contribution in [-0.4, -0.2) is 15.8 Å². The molecule has 0 aliphatic carbocycles. The lowest BCUT2D eigenvalue weighted by Gasteiger charge is -2.38. The molecule has 0 bridgehead atoms. The molecular formula is C10H6Cl2F4OS. The molecule has 2 atom stereocenters. The molecule has 100 valence electrons. The summed E-state index contributed by atoms with van der Waals surface area (Å²) in [6, 6.07) is 5.17. The molecule has 18 heavy (non-hydrogen) atoms. The molecule has 0 aromatic heterocycles. The minimum absolute atomic E-state index is 0.0660. The summed E-state index contributed by atoms with van der Waals surface area (Å²) >= 11 is 5.03. The Bertz CT molecular complexity index is 521. The maximum absolute atomic E-state index is 14.5. The maximum Gasteiger partial charge on any atom is 0.445 e. The van der Waals surface area contributed by atoms with E-state index >= 15 is 0 Å². The van der Waals surface area contributed by atoms with Gasteiger partial charge in [0.1, 0.15) is 0 Å². The Kier molecular flexibility index (Phi) is 3.11. The van der Waals surface area contributed by atoms with Gasteiger partial charge in [-0.15, -0.1) is 0 Å². The highest BCUT2D eigenvalue weighted by atomic mass is 35.7. The fraction of sp³-hybridized carbons (Fsp3) is 0.300. The topological polar surface area (TPSA) is 17.1 Å². The fourth-order valence-corrected chi connectivity index (χ4v) is 5.60. The molecule has 2 rings (SSSR count). The normalized spacial score (nSPS) is 34.8. The predicted octanol–water partition coefficient (Wildman–Crippen LogP) is 4.51. The first-order valence-electron chi connectivity index (χ1n) is 4.70. The molecule has 1 heterocycles. The van der Waals surface area contributed by atoms with Gasteiger partial charge in [0, 0.05) is 20.6 Å². The SMILES string of the molecule is O=C(Cl)C1(F)Cc2ccccc2S1(Cl)C(F)(F)F. The van der Waals surface area contributed by atoms with E-state index in [-0.39, 0.29) is 10.5 Å². The van der Waals surface area contributed by atoms with Crippen molar-refractivity contribution in [1.29, 1.82) is 0 Å². The van der Waals surface area contributed by atoms with Gasteiger partial charge in [0.25, 0.3) is 5.24 Å². The Balaban J connectivity index is 2.75. The van der Waals surface area contributed by atoms with Gasteiger partial charge in [-0.3, -0.25) is 4.79 Å². The lowest BCUT2D eigenvalue weighted by atomic mass is 10.1. The van der Waals surface area contributed by atoms with Gasteiger partial charge < -0.3 is 0 Å². The molecule has 1 aliphatic heterocycles. The van der Waals surface area contributed by atoms with Gasteiger partial charge in [0.15, 0.2) is 0 Å². The molecule has 0 saturated carbocycles. The summed E-state index contributed by atoms with van der Waals surface area (Å²) in [4.78, 5) is 10.7. The fourth-order valence-electron chi connectivity index (χ4n) is 1.93. The molecule has 0 spiro atoms. The molecule has 2 unspecified atom stereocenters. The first kappa shape index (κ1) is 14.0. The molecule has 1 nitrogen and oxygen atoms in total. The Morgan fingerprint density at radius 3 is 2.39 bits per heavy atom. The van der Waals surface area contributed by atoms with Crippen molar-refractivity contribution in [3.8, 4) is 0 Å². The standard InChI is InChI=1S/C10H6Cl2F4OS/c11-8(17)9(13)5-6-3-1-2-4-7(6)18(9,12)10(14,15)16/h1-4H,5H2. The van der Waals surface area contributed by atoms with Crippen LogP contribution in [0.25, 0.3) is 0 Å². The van der Waals surface area contributed by atoms with Gasteiger partial charge in [-0.1, -0.05) is 18.2 Å². The summed E-state index contributed by atoms with van der Waals surface area (Å²) in [5.74, 6) is 0. The van der Waals surface area contributed by atoms with Crippen molar-refractivity contribution >= 4 is 36.8 Å². The van der Waals surface area contributed by atoms with Crippen LogP contribution < -0.4 is 0 Å². The second kappa shape index (κ2) is 4.02. The van der Waals surface area contributed by atoms with Gasteiger partial charge in [-0.05, 0) is 33.9 Å². The van der Waals surface area contributed by atoms with Crippen molar-refractivity contribution in [2.45, 2.75) is 21.8 Å². The second-order valence-electron chi connectivity index (χ2n) is 3.77. The smallest absolute Gasteiger partial charge is 0.277 e. The summed E-state index contributed by atoms with van der Waals surface area (Å²) in [6.07, 6.45) is -0.746. The van der Waals surface area contributed by atoms with Crippen molar-refractivity contribution in [2.24, 2.45) is 0 Å². The predicted molar refractivity (Wildman–Crippen MR) is 62.6 cm³/mol. The lowest BCUT2D eigenvalue weighted by Crippen LogP contribution is -2.38. The van der Waals surface area contributed by atoms with E-state index in [2.05, 4.69) is 0 Å². The summed E-state index contributed by atoms with van der Waals surface area (Å²) in [6.45, 7) is 0. The van der Waals surface area contributed by atoms with E-state index in [4.69, 9.17) is 22.3 Å². The Morgan fingerprint density at radius 1 is 1.33 bits per heavy atom. The van der Waals surface area contributed by atoms with Crippen LogP contribution in [-0.2, 0) is 11.2 Å². The zero-order valence-corrected chi connectivity index (χ0v) is 10.9. The third kappa shape index (κ3) is 1.58. The Morgan fingerprint density at radius 2 is 1.89 bits per heavy atom. The highest BCUT2D eigenvalue weighted by Gasteiger charge is 2.70. The molecule has 0 saturated heterocycles. The third-order valence-electron chi connectivity index (χ3n) is 2.75. The molecule has 0 radical (unpaired) electrons. The van der Waals surface area contributed by atoms with Crippen molar-refractivity contribution in [1.82, 2.24) is 0 Å². The summed E-state index contributed by atoms with van der Waals surface area (Å²) in [5, 5.41) is -5.01. The van der Waals surface area contributed by atoms with Crippen molar-refractivity contribution in [3.05, 3.63) is 29.8 Å². The molecule has 0 N–H and O–H groups in total. The van der Waals surface area contributed by atoms with E-state index < -0.39 is 31.4 Å². The zero-order valence-electron chi connectivity index (χ0n) is 8.60. The number of fused-ring (bicyclic) bond motifs is 1. The number of carbonyl (C=O) groups excluding carboxylic acids is 1. The minimum atomic E-state index is -5.06. The average Bonchev–Trinajstić information content (AvgIpc) is 2.50. The highest BCUT2D eigenvalue weighted by Crippen LogP contribution is 2.83. The van der Waals surface area contributed by atoms with E-state index in [0.717, 1.165) is 6.07 Å². The molecule has 8 heteroatoms. The number of rotatable bonds is 1. The van der Waals surface area contributed by atoms with E-state index in [1.807, 2.05) is 0 Å². The molecule has 0 amide bonds. The van der Waals surface area contributed by atoms with E-state index in [1.165, 1.54) is 18.2 Å². The van der Waals surface area contributed by atoms with Crippen LogP contribution in [0.15, 0.2) is 29.2 Å². The van der Waals surface area contributed by atoms with Gasteiger partial charge in [-0.25, -0.2) is 4.39 Å². The van der Waals surface area contributed by atoms with Gasteiger partial charge in [0.2, 0.25) is 5.00 Å². The minimum Gasteiger partial charge on any atom is -0.277 e. The number of hydrogen-bond acceptors (Lipinski definition) is 1. The first-order chi connectivity index (χ1) is 8.14. The monoisotopic (exact) mass is 320 g/mol. The number of halogens is 6. The van der Waals surface area contributed by atoms with Gasteiger partial charge in [-0.2, -0.15) is 13.2 Å². The number of alkyl halides is 4. The van der Waals surface area contributed by atoms with Crippen LogP contribution >= 0.6 is 31.5 Å². The van der Waals surface area contributed by atoms with Crippen LogP contribution in [0.5, 0.6) is 0 Å². The number of benzene rings is 1. The average molecular weight is 321 g/mol. The summed E-state index contributed by atoms with van der Waals surface area (Å²) in [5.41, 5.74) is -4.99. The van der Waals surface area contributed by atoms with Crippen LogP contribution in [0.2, 0.25) is 0 Å². The Labute approximate surface area is 111 Å². The molecule has 1 aliphatic rings. The van der Waals surface area contributed by atoms with Crippen molar-refractivity contribution < 1.29 is 22.4 Å². The lowest BCUT2D eigenvalue weighted by molar-refractivity contribution is -0.118. The molecular weight excluding hydrogens is 315 g/mol. The Hall–Kier alpha value is -0.460. The largest absolute Gasteiger partial charge is 0.445 e. The van der Waals surface area contributed by atoms with E-state index in [1.54, 1.807) is 0 Å². The van der Waals surface area contributed by atoms with Gasteiger partial charge in [0.05, 0.1) is 0 Å².